The molecule has 0 aromatic carbocycles. The number of hydrogen-bond donors (Lipinski definition) is 1. The van der Waals surface area contributed by atoms with Gasteiger partial charge in [-0.15, -0.1) is 0 Å². The van der Waals surface area contributed by atoms with Gasteiger partial charge in [0.2, 0.25) is 5.91 Å². The van der Waals surface area contributed by atoms with Gasteiger partial charge in [0, 0.05) is 6.61 Å². The summed E-state index contributed by atoms with van der Waals surface area (Å²) in [6, 6.07) is -0.614. The molecule has 0 unspecified atom stereocenters. The number of carbonyl (C=O) groups is 2. The Morgan fingerprint density at radius 3 is 2.79 bits per heavy atom. The summed E-state index contributed by atoms with van der Waals surface area (Å²) in [4.78, 5) is 22.4. The van der Waals surface area contributed by atoms with Crippen molar-refractivity contribution in [3.8, 4) is 0 Å². The molecule has 1 aliphatic heterocycles. The van der Waals surface area contributed by atoms with Crippen molar-refractivity contribution in [3.05, 3.63) is 0 Å². The van der Waals surface area contributed by atoms with Crippen LogP contribution in [0, 0.1) is 0 Å². The van der Waals surface area contributed by atoms with Crippen LogP contribution in [0.3, 0.4) is 0 Å². The first-order valence-corrected chi connectivity index (χ1v) is 4.65. The Kier molecular flexibility index (Phi) is 3.88. The predicted octanol–water partition coefficient (Wildman–Crippen LogP) is -0.157. The minimum Gasteiger partial charge on any atom is -0.467 e. The van der Waals surface area contributed by atoms with Crippen LogP contribution in [0.15, 0.2) is 0 Å². The minimum absolute atomic E-state index is 0.236. The van der Waals surface area contributed by atoms with Crippen molar-refractivity contribution in [2.45, 2.75) is 31.9 Å². The summed E-state index contributed by atoms with van der Waals surface area (Å²) in [7, 11) is 1.29. The largest absolute Gasteiger partial charge is 0.467 e. The molecule has 0 aromatic heterocycles. The summed E-state index contributed by atoms with van der Waals surface area (Å²) in [6.07, 6.45) is 1.21. The molecule has 0 radical (unpaired) electrons. The van der Waals surface area contributed by atoms with E-state index in [-0.39, 0.29) is 5.91 Å². The number of nitrogens with one attached hydrogen (secondary N) is 1. The Morgan fingerprint density at radius 1 is 1.57 bits per heavy atom. The normalized spacial score (nSPS) is 22.9. The molecular weight excluding hydrogens is 186 g/mol. The van der Waals surface area contributed by atoms with E-state index in [1.54, 1.807) is 6.92 Å². The molecule has 0 saturated carbocycles. The third-order valence-corrected chi connectivity index (χ3v) is 2.14. The zero-order valence-electron chi connectivity index (χ0n) is 8.41. The predicted molar refractivity (Wildman–Crippen MR) is 48.6 cm³/mol. The van der Waals surface area contributed by atoms with Gasteiger partial charge in [-0.25, -0.2) is 4.79 Å². The molecule has 0 aliphatic carbocycles. The summed E-state index contributed by atoms with van der Waals surface area (Å²) in [5.41, 5.74) is 0. The Bertz CT molecular complexity index is 223. The van der Waals surface area contributed by atoms with Crippen molar-refractivity contribution in [1.29, 1.82) is 0 Å². The molecule has 1 amide bonds. The number of methoxy groups -OCH3 is 1. The Hall–Kier alpha value is -1.10. The van der Waals surface area contributed by atoms with Gasteiger partial charge >= 0.3 is 5.97 Å². The summed E-state index contributed by atoms with van der Waals surface area (Å²) < 4.78 is 9.65. The number of esters is 1. The lowest BCUT2D eigenvalue weighted by Crippen LogP contribution is -2.44. The fourth-order valence-corrected chi connectivity index (χ4v) is 1.33. The van der Waals surface area contributed by atoms with Crippen LogP contribution in [0.4, 0.5) is 0 Å². The molecule has 1 rings (SSSR count). The van der Waals surface area contributed by atoms with Crippen LogP contribution in [0.5, 0.6) is 0 Å². The van der Waals surface area contributed by atoms with Crippen LogP contribution in [-0.2, 0) is 19.1 Å². The van der Waals surface area contributed by atoms with E-state index >= 15 is 0 Å². The average molecular weight is 201 g/mol. The fourth-order valence-electron chi connectivity index (χ4n) is 1.33. The first-order valence-electron chi connectivity index (χ1n) is 4.65. The van der Waals surface area contributed by atoms with Gasteiger partial charge in [0.1, 0.15) is 12.1 Å². The van der Waals surface area contributed by atoms with Gasteiger partial charge in [-0.3, -0.25) is 4.79 Å². The van der Waals surface area contributed by atoms with Crippen LogP contribution in [0.1, 0.15) is 19.8 Å². The highest BCUT2D eigenvalue weighted by Gasteiger charge is 2.26. The second-order valence-electron chi connectivity index (χ2n) is 3.26. The van der Waals surface area contributed by atoms with Gasteiger partial charge in [-0.1, -0.05) is 0 Å². The molecular formula is C9H15NO4. The second-order valence-corrected chi connectivity index (χ2v) is 3.26. The first-order chi connectivity index (χ1) is 6.65. The highest BCUT2D eigenvalue weighted by atomic mass is 16.5. The highest BCUT2D eigenvalue weighted by Crippen LogP contribution is 2.11. The highest BCUT2D eigenvalue weighted by molar-refractivity contribution is 5.86. The molecule has 0 bridgehead atoms. The zero-order valence-corrected chi connectivity index (χ0v) is 8.41. The van der Waals surface area contributed by atoms with E-state index in [0.29, 0.717) is 6.61 Å². The maximum Gasteiger partial charge on any atom is 0.328 e. The van der Waals surface area contributed by atoms with E-state index in [4.69, 9.17) is 4.74 Å². The van der Waals surface area contributed by atoms with Crippen LogP contribution in [-0.4, -0.2) is 37.7 Å². The van der Waals surface area contributed by atoms with Gasteiger partial charge in [-0.2, -0.15) is 0 Å². The maximum atomic E-state index is 11.4. The lowest BCUT2D eigenvalue weighted by molar-refractivity contribution is -0.145. The number of rotatable bonds is 3. The minimum atomic E-state index is -0.614. The van der Waals surface area contributed by atoms with Crippen LogP contribution >= 0.6 is 0 Å². The van der Waals surface area contributed by atoms with Crippen molar-refractivity contribution >= 4 is 11.9 Å². The number of carbonyl (C=O) groups excluding carboxylic acids is 2. The molecule has 1 saturated heterocycles. The third-order valence-electron chi connectivity index (χ3n) is 2.14. The van der Waals surface area contributed by atoms with Crippen molar-refractivity contribution in [2.75, 3.05) is 13.7 Å². The van der Waals surface area contributed by atoms with Gasteiger partial charge < -0.3 is 14.8 Å². The van der Waals surface area contributed by atoms with Gasteiger partial charge in [0.25, 0.3) is 0 Å². The van der Waals surface area contributed by atoms with E-state index in [0.717, 1.165) is 12.8 Å². The second kappa shape index (κ2) is 4.95. The lowest BCUT2D eigenvalue weighted by Gasteiger charge is -2.14. The van der Waals surface area contributed by atoms with E-state index in [1.165, 1.54) is 7.11 Å². The van der Waals surface area contributed by atoms with E-state index in [2.05, 4.69) is 10.1 Å². The third kappa shape index (κ3) is 2.70. The zero-order chi connectivity index (χ0) is 10.6. The number of hydrogen-bond acceptors (Lipinski definition) is 4. The SMILES string of the molecule is COC(=O)[C@@H](C)NC(=O)[C@@H]1CCCO1. The van der Waals surface area contributed by atoms with Crippen LogP contribution in [0.25, 0.3) is 0 Å². The van der Waals surface area contributed by atoms with E-state index in [1.807, 2.05) is 0 Å². The summed E-state index contributed by atoms with van der Waals surface area (Å²) in [5, 5.41) is 2.53. The summed E-state index contributed by atoms with van der Waals surface area (Å²) >= 11 is 0. The lowest BCUT2D eigenvalue weighted by atomic mass is 10.2. The standard InChI is InChI=1S/C9H15NO4/c1-6(9(12)13-2)10-8(11)7-4-3-5-14-7/h6-7H,3-5H2,1-2H3,(H,10,11)/t6-,7+/m1/s1. The monoisotopic (exact) mass is 201 g/mol. The van der Waals surface area contributed by atoms with Crippen LogP contribution in [0.2, 0.25) is 0 Å². The molecule has 80 valence electrons. The molecule has 1 fully saturated rings. The van der Waals surface area contributed by atoms with Gasteiger partial charge in [-0.05, 0) is 19.8 Å². The topological polar surface area (TPSA) is 64.6 Å². The quantitative estimate of drug-likeness (QED) is 0.644. The molecule has 5 nitrogen and oxygen atoms in total. The molecule has 0 spiro atoms. The van der Waals surface area contributed by atoms with E-state index < -0.39 is 18.1 Å². The Morgan fingerprint density at radius 2 is 2.29 bits per heavy atom. The van der Waals surface area contributed by atoms with E-state index in [9.17, 15) is 9.59 Å². The number of amides is 1. The molecule has 0 aromatic rings. The number of ether oxygens (including phenoxy) is 2. The van der Waals surface area contributed by atoms with Gasteiger partial charge in [0.05, 0.1) is 7.11 Å². The molecule has 1 heterocycles. The summed E-state index contributed by atoms with van der Waals surface area (Å²) in [5.74, 6) is -0.684. The first kappa shape index (κ1) is 11.0. The smallest absolute Gasteiger partial charge is 0.328 e. The van der Waals surface area contributed by atoms with Crippen molar-refractivity contribution < 1.29 is 19.1 Å². The summed E-state index contributed by atoms with van der Waals surface area (Å²) in [6.45, 7) is 2.20. The molecule has 2 atom stereocenters. The van der Waals surface area contributed by atoms with Crippen molar-refractivity contribution in [3.63, 3.8) is 0 Å². The van der Waals surface area contributed by atoms with Crippen molar-refractivity contribution in [1.82, 2.24) is 5.32 Å². The van der Waals surface area contributed by atoms with Crippen LogP contribution < -0.4 is 5.32 Å². The molecule has 5 heteroatoms. The fraction of sp³-hybridized carbons (Fsp3) is 0.778. The van der Waals surface area contributed by atoms with Crippen molar-refractivity contribution in [2.24, 2.45) is 0 Å². The Labute approximate surface area is 82.8 Å². The molecule has 1 N–H and O–H groups in total. The Balaban J connectivity index is 2.35. The molecule has 1 aliphatic rings. The van der Waals surface area contributed by atoms with Gasteiger partial charge in [0.15, 0.2) is 0 Å². The average Bonchev–Trinajstić information content (AvgIpc) is 2.69. The molecule has 14 heavy (non-hydrogen) atoms. The maximum absolute atomic E-state index is 11.4.